The fraction of sp³-hybridized carbons (Fsp3) is 0.214. The van der Waals surface area contributed by atoms with Gasteiger partial charge in [-0.2, -0.15) is 0 Å². The molecule has 88 valence electrons. The Bertz CT molecular complexity index is 440. The van der Waals surface area contributed by atoms with E-state index in [-0.39, 0.29) is 5.91 Å². The van der Waals surface area contributed by atoms with Gasteiger partial charge < -0.3 is 9.64 Å². The monoisotopic (exact) mass is 229 g/mol. The van der Waals surface area contributed by atoms with Gasteiger partial charge in [0, 0.05) is 13.1 Å². The number of hydrogen-bond acceptors (Lipinski definition) is 2. The van der Waals surface area contributed by atoms with Crippen molar-refractivity contribution in [3.8, 4) is 18.1 Å². The third-order valence-electron chi connectivity index (χ3n) is 2.24. The summed E-state index contributed by atoms with van der Waals surface area (Å²) in [6.45, 7) is 0.311. The highest BCUT2D eigenvalue weighted by Gasteiger charge is 2.01. The number of terminal acetylenes is 1. The van der Waals surface area contributed by atoms with Gasteiger partial charge in [0.15, 0.2) is 0 Å². The van der Waals surface area contributed by atoms with Gasteiger partial charge in [0.25, 0.3) is 0 Å². The van der Waals surface area contributed by atoms with Crippen molar-refractivity contribution >= 4 is 12.0 Å². The topological polar surface area (TPSA) is 29.5 Å². The third kappa shape index (κ3) is 4.04. The van der Waals surface area contributed by atoms with Crippen molar-refractivity contribution < 1.29 is 9.53 Å². The van der Waals surface area contributed by atoms with Crippen LogP contribution in [0.3, 0.4) is 0 Å². The van der Waals surface area contributed by atoms with Crippen LogP contribution < -0.4 is 4.74 Å². The zero-order valence-corrected chi connectivity index (χ0v) is 10.0. The van der Waals surface area contributed by atoms with Gasteiger partial charge in [-0.1, -0.05) is 18.1 Å². The second kappa shape index (κ2) is 6.39. The van der Waals surface area contributed by atoms with Gasteiger partial charge in [0.2, 0.25) is 5.91 Å². The van der Waals surface area contributed by atoms with Gasteiger partial charge in [0.1, 0.15) is 5.75 Å². The lowest BCUT2D eigenvalue weighted by molar-refractivity contribution is -0.124. The highest BCUT2D eigenvalue weighted by atomic mass is 16.5. The first kappa shape index (κ1) is 12.9. The van der Waals surface area contributed by atoms with Crippen molar-refractivity contribution in [2.24, 2.45) is 0 Å². The van der Waals surface area contributed by atoms with Crippen molar-refractivity contribution in [1.82, 2.24) is 4.90 Å². The number of rotatable bonds is 4. The number of carbonyl (C=O) groups excluding carboxylic acids is 1. The molecule has 3 heteroatoms. The molecule has 0 fully saturated rings. The summed E-state index contributed by atoms with van der Waals surface area (Å²) < 4.78 is 5.04. The van der Waals surface area contributed by atoms with E-state index in [2.05, 4.69) is 5.92 Å². The normalized spacial score (nSPS) is 9.94. The predicted molar refractivity (Wildman–Crippen MR) is 68.5 cm³/mol. The minimum atomic E-state index is -0.112. The van der Waals surface area contributed by atoms with Crippen LogP contribution in [0.4, 0.5) is 0 Å². The lowest BCUT2D eigenvalue weighted by Gasteiger charge is -2.10. The Labute approximate surface area is 102 Å². The second-order valence-electron chi connectivity index (χ2n) is 3.50. The zero-order valence-electron chi connectivity index (χ0n) is 10.0. The Morgan fingerprint density at radius 3 is 2.65 bits per heavy atom. The molecule has 0 spiro atoms. The molecule has 1 rings (SSSR count). The quantitative estimate of drug-likeness (QED) is 0.582. The molecule has 1 aromatic rings. The summed E-state index contributed by atoms with van der Waals surface area (Å²) >= 11 is 0. The summed E-state index contributed by atoms with van der Waals surface area (Å²) in [5, 5.41) is 0. The van der Waals surface area contributed by atoms with E-state index < -0.39 is 0 Å². The van der Waals surface area contributed by atoms with Gasteiger partial charge in [-0.05, 0) is 23.8 Å². The minimum Gasteiger partial charge on any atom is -0.497 e. The van der Waals surface area contributed by atoms with Crippen molar-refractivity contribution in [2.75, 3.05) is 20.7 Å². The largest absolute Gasteiger partial charge is 0.497 e. The smallest absolute Gasteiger partial charge is 0.247 e. The molecule has 0 atom stereocenters. The minimum absolute atomic E-state index is 0.112. The molecule has 1 amide bonds. The van der Waals surface area contributed by atoms with Gasteiger partial charge in [-0.3, -0.25) is 4.79 Å². The van der Waals surface area contributed by atoms with Crippen LogP contribution in [-0.4, -0.2) is 31.5 Å². The summed E-state index contributed by atoms with van der Waals surface area (Å²) in [4.78, 5) is 13.0. The number of likely N-dealkylation sites (N-methyl/N-ethyl adjacent to an activating group) is 1. The molecule has 3 nitrogen and oxygen atoms in total. The van der Waals surface area contributed by atoms with E-state index in [9.17, 15) is 4.79 Å². The molecular weight excluding hydrogens is 214 g/mol. The fourth-order valence-corrected chi connectivity index (χ4v) is 1.22. The molecule has 0 N–H and O–H groups in total. The van der Waals surface area contributed by atoms with E-state index in [1.54, 1.807) is 20.2 Å². The van der Waals surface area contributed by atoms with Crippen LogP contribution in [0.2, 0.25) is 0 Å². The number of methoxy groups -OCH3 is 1. The first-order chi connectivity index (χ1) is 8.17. The van der Waals surface area contributed by atoms with Gasteiger partial charge in [-0.25, -0.2) is 0 Å². The summed E-state index contributed by atoms with van der Waals surface area (Å²) in [6, 6.07) is 7.44. The van der Waals surface area contributed by atoms with Crippen LogP contribution in [0.5, 0.6) is 5.75 Å². The zero-order chi connectivity index (χ0) is 12.7. The Morgan fingerprint density at radius 2 is 2.12 bits per heavy atom. The summed E-state index contributed by atoms with van der Waals surface area (Å²) in [7, 11) is 3.28. The van der Waals surface area contributed by atoms with E-state index in [0.717, 1.165) is 11.3 Å². The molecule has 0 saturated heterocycles. The van der Waals surface area contributed by atoms with Gasteiger partial charge >= 0.3 is 0 Å². The second-order valence-corrected chi connectivity index (χ2v) is 3.50. The van der Waals surface area contributed by atoms with Crippen LogP contribution >= 0.6 is 0 Å². The Morgan fingerprint density at radius 1 is 1.47 bits per heavy atom. The number of carbonyl (C=O) groups is 1. The van der Waals surface area contributed by atoms with Crippen molar-refractivity contribution in [3.63, 3.8) is 0 Å². The molecule has 0 saturated carbocycles. The van der Waals surface area contributed by atoms with Crippen molar-refractivity contribution in [2.45, 2.75) is 0 Å². The number of benzene rings is 1. The SMILES string of the molecule is C#CCN(C)C(=O)/C=C/c1ccc(OC)cc1. The lowest BCUT2D eigenvalue weighted by Crippen LogP contribution is -2.24. The number of amides is 1. The van der Waals surface area contributed by atoms with E-state index >= 15 is 0 Å². The van der Waals surface area contributed by atoms with Crippen LogP contribution in [0.15, 0.2) is 30.3 Å². The highest BCUT2D eigenvalue weighted by Crippen LogP contribution is 2.12. The van der Waals surface area contributed by atoms with Crippen LogP contribution in [0.1, 0.15) is 5.56 Å². The Kier molecular flexibility index (Phi) is 4.83. The average Bonchev–Trinajstić information content (AvgIpc) is 2.36. The average molecular weight is 229 g/mol. The number of hydrogen-bond donors (Lipinski definition) is 0. The third-order valence-corrected chi connectivity index (χ3v) is 2.24. The lowest BCUT2D eigenvalue weighted by atomic mass is 10.2. The van der Waals surface area contributed by atoms with Gasteiger partial charge in [-0.15, -0.1) is 6.42 Å². The first-order valence-corrected chi connectivity index (χ1v) is 5.18. The van der Waals surface area contributed by atoms with Crippen LogP contribution in [0.25, 0.3) is 6.08 Å². The van der Waals surface area contributed by atoms with Crippen molar-refractivity contribution in [1.29, 1.82) is 0 Å². The fourth-order valence-electron chi connectivity index (χ4n) is 1.22. The summed E-state index contributed by atoms with van der Waals surface area (Å²) in [5.74, 6) is 3.09. The maximum atomic E-state index is 11.5. The number of ether oxygens (including phenoxy) is 1. The summed E-state index contributed by atoms with van der Waals surface area (Å²) in [6.07, 6.45) is 8.37. The molecule has 0 radical (unpaired) electrons. The molecule has 0 aromatic heterocycles. The van der Waals surface area contributed by atoms with E-state index in [1.165, 1.54) is 11.0 Å². The first-order valence-electron chi connectivity index (χ1n) is 5.18. The Balaban J connectivity index is 2.64. The molecule has 17 heavy (non-hydrogen) atoms. The standard InChI is InChI=1S/C14H15NO2/c1-4-11-15(2)14(16)10-7-12-5-8-13(17-3)9-6-12/h1,5-10H,11H2,2-3H3/b10-7+. The highest BCUT2D eigenvalue weighted by molar-refractivity contribution is 5.91. The van der Waals surface area contributed by atoms with Crippen LogP contribution in [-0.2, 0) is 4.79 Å². The molecule has 0 aliphatic rings. The maximum Gasteiger partial charge on any atom is 0.247 e. The molecule has 0 bridgehead atoms. The predicted octanol–water partition coefficient (Wildman–Crippen LogP) is 1.80. The molecule has 0 aliphatic carbocycles. The maximum absolute atomic E-state index is 11.5. The van der Waals surface area contributed by atoms with E-state index in [4.69, 9.17) is 11.2 Å². The van der Waals surface area contributed by atoms with Gasteiger partial charge in [0.05, 0.1) is 13.7 Å². The molecule has 0 unspecified atom stereocenters. The molecule has 1 aromatic carbocycles. The van der Waals surface area contributed by atoms with Crippen LogP contribution in [0, 0.1) is 12.3 Å². The van der Waals surface area contributed by atoms with E-state index in [1.807, 2.05) is 24.3 Å². The van der Waals surface area contributed by atoms with E-state index in [0.29, 0.717) is 6.54 Å². The summed E-state index contributed by atoms with van der Waals surface area (Å²) in [5.41, 5.74) is 0.938. The Hall–Kier alpha value is -2.21. The number of nitrogens with zero attached hydrogens (tertiary/aromatic N) is 1. The van der Waals surface area contributed by atoms with Crippen molar-refractivity contribution in [3.05, 3.63) is 35.9 Å². The molecule has 0 heterocycles. The molecule has 0 aliphatic heterocycles. The molecular formula is C14H15NO2.